The van der Waals surface area contributed by atoms with Crippen LogP contribution in [0.5, 0.6) is 0 Å². The molecule has 196 valence electrons. The molecule has 0 saturated carbocycles. The Bertz CT molecular complexity index is 1520. The molecule has 0 spiro atoms. The van der Waals surface area contributed by atoms with Crippen LogP contribution in [0.3, 0.4) is 0 Å². The zero-order valence-electron chi connectivity index (χ0n) is 21.4. The highest BCUT2D eigenvalue weighted by atomic mass is 16.5. The number of likely N-dealkylation sites (tertiary alicyclic amines) is 1. The molecule has 0 radical (unpaired) electrons. The van der Waals surface area contributed by atoms with Crippen molar-refractivity contribution in [2.75, 3.05) is 37.4 Å². The summed E-state index contributed by atoms with van der Waals surface area (Å²) in [5, 5.41) is 6.99. The lowest BCUT2D eigenvalue weighted by Gasteiger charge is -2.42. The summed E-state index contributed by atoms with van der Waals surface area (Å²) in [4.78, 5) is 37.2. The van der Waals surface area contributed by atoms with Crippen LogP contribution in [0.2, 0.25) is 0 Å². The minimum absolute atomic E-state index is 0.0590. The van der Waals surface area contributed by atoms with Crippen LogP contribution < -0.4 is 11.1 Å². The van der Waals surface area contributed by atoms with Gasteiger partial charge < -0.3 is 20.7 Å². The van der Waals surface area contributed by atoms with E-state index >= 15 is 0 Å². The lowest BCUT2D eigenvalue weighted by Crippen LogP contribution is -2.55. The number of amides is 2. The molecule has 2 aliphatic heterocycles. The molecule has 5 heterocycles. The first-order chi connectivity index (χ1) is 18.3. The highest BCUT2D eigenvalue weighted by Gasteiger charge is 2.44. The molecule has 11 heteroatoms. The molecule has 1 aromatic carbocycles. The molecule has 4 aromatic rings. The first-order valence-electron chi connectivity index (χ1n) is 12.7. The third-order valence-electron chi connectivity index (χ3n) is 7.42. The highest BCUT2D eigenvalue weighted by molar-refractivity contribution is 6.04. The van der Waals surface area contributed by atoms with Gasteiger partial charge in [0.2, 0.25) is 5.91 Å². The number of fused-ring (bicyclic) bond motifs is 1. The summed E-state index contributed by atoms with van der Waals surface area (Å²) in [5.74, 6) is 1.68. The molecular weight excluding hydrogens is 484 g/mol. The molecule has 2 saturated heterocycles. The lowest BCUT2D eigenvalue weighted by atomic mass is 9.85. The Labute approximate surface area is 219 Å². The third-order valence-corrected chi connectivity index (χ3v) is 7.42. The van der Waals surface area contributed by atoms with E-state index in [2.05, 4.69) is 15.4 Å². The van der Waals surface area contributed by atoms with Crippen LogP contribution in [-0.4, -0.2) is 67.2 Å². The van der Waals surface area contributed by atoms with Crippen LogP contribution in [0.4, 0.5) is 11.6 Å². The van der Waals surface area contributed by atoms with E-state index in [1.54, 1.807) is 42.3 Å². The average Bonchev–Trinajstić information content (AvgIpc) is 3.51. The number of hydrogen-bond acceptors (Lipinski definition) is 7. The van der Waals surface area contributed by atoms with Crippen molar-refractivity contribution in [3.05, 3.63) is 60.3 Å². The summed E-state index contributed by atoms with van der Waals surface area (Å²) in [6.45, 7) is 4.26. The fourth-order valence-electron chi connectivity index (χ4n) is 5.31. The number of benzene rings is 1. The van der Waals surface area contributed by atoms with Crippen LogP contribution in [0.15, 0.2) is 48.9 Å². The number of nitrogen functional groups attached to an aromatic ring is 1. The number of anilines is 2. The average molecular weight is 515 g/mol. The van der Waals surface area contributed by atoms with E-state index in [0.717, 1.165) is 36.3 Å². The summed E-state index contributed by atoms with van der Waals surface area (Å²) in [6, 6.07) is 8.97. The van der Waals surface area contributed by atoms with E-state index < -0.39 is 5.41 Å². The molecule has 0 unspecified atom stereocenters. The highest BCUT2D eigenvalue weighted by Crippen LogP contribution is 2.36. The van der Waals surface area contributed by atoms with Gasteiger partial charge in [0.1, 0.15) is 22.9 Å². The summed E-state index contributed by atoms with van der Waals surface area (Å²) in [7, 11) is 1.79. The van der Waals surface area contributed by atoms with Crippen LogP contribution >= 0.6 is 0 Å². The van der Waals surface area contributed by atoms with Gasteiger partial charge in [0.05, 0.1) is 18.6 Å². The summed E-state index contributed by atoms with van der Waals surface area (Å²) >= 11 is 0. The molecule has 3 N–H and O–H groups in total. The Morgan fingerprint density at radius 1 is 1.16 bits per heavy atom. The standard InChI is InChI=1S/C27H30N8O3/c1-27(15-38-16-27)26(37)34-11-3-4-19(14-34)24-31-21(22-23(28)29-10-13-35(22)24)17-5-7-18(8-6-17)25(36)30-20-9-12-33(2)32-20/h5-10,12-13,19H,3-4,11,14-16H2,1-2H3,(H2,28,29)(H,30,32,36)/t19-/m1/s1. The van der Waals surface area contributed by atoms with Gasteiger partial charge >= 0.3 is 0 Å². The van der Waals surface area contributed by atoms with Crippen LogP contribution in [0.25, 0.3) is 16.8 Å². The summed E-state index contributed by atoms with van der Waals surface area (Å²) in [5.41, 5.74) is 8.65. The van der Waals surface area contributed by atoms with Gasteiger partial charge in [0.25, 0.3) is 5.91 Å². The molecule has 0 aliphatic carbocycles. The van der Waals surface area contributed by atoms with Crippen molar-refractivity contribution in [3.8, 4) is 11.3 Å². The Kier molecular flexibility index (Phi) is 5.87. The molecule has 6 rings (SSSR count). The maximum Gasteiger partial charge on any atom is 0.256 e. The first kappa shape index (κ1) is 24.1. The Balaban J connectivity index is 1.29. The SMILES string of the molecule is Cn1ccc(NC(=O)c2ccc(-c3nc([C@@H]4CCCN(C(=O)C5(C)COC5)C4)n4ccnc(N)c34)cc2)n1. The molecule has 2 fully saturated rings. The zero-order chi connectivity index (χ0) is 26.4. The number of nitrogens with one attached hydrogen (secondary N) is 1. The van der Waals surface area contributed by atoms with Crippen molar-refractivity contribution >= 4 is 29.0 Å². The Morgan fingerprint density at radius 3 is 2.63 bits per heavy atom. The number of carbonyl (C=O) groups excluding carboxylic acids is 2. The van der Waals surface area contributed by atoms with Crippen LogP contribution in [0.1, 0.15) is 41.9 Å². The maximum atomic E-state index is 13.2. The molecule has 2 aliphatic rings. The zero-order valence-corrected chi connectivity index (χ0v) is 21.4. The number of imidazole rings is 1. The van der Waals surface area contributed by atoms with Gasteiger partial charge in [0, 0.05) is 61.8 Å². The molecule has 38 heavy (non-hydrogen) atoms. The lowest BCUT2D eigenvalue weighted by molar-refractivity contribution is -0.169. The van der Waals surface area contributed by atoms with E-state index in [0.29, 0.717) is 42.7 Å². The van der Waals surface area contributed by atoms with Crippen molar-refractivity contribution in [3.63, 3.8) is 0 Å². The van der Waals surface area contributed by atoms with Crippen molar-refractivity contribution in [2.24, 2.45) is 12.5 Å². The number of aromatic nitrogens is 5. The fraction of sp³-hybridized carbons (Fsp3) is 0.370. The van der Waals surface area contributed by atoms with Gasteiger partial charge in [-0.2, -0.15) is 5.10 Å². The topological polar surface area (TPSA) is 133 Å². The van der Waals surface area contributed by atoms with E-state index in [4.69, 9.17) is 15.5 Å². The van der Waals surface area contributed by atoms with Gasteiger partial charge in [-0.3, -0.25) is 18.7 Å². The maximum absolute atomic E-state index is 13.2. The number of piperidine rings is 1. The second kappa shape index (κ2) is 9.25. The smallest absolute Gasteiger partial charge is 0.256 e. The Morgan fingerprint density at radius 2 is 1.95 bits per heavy atom. The van der Waals surface area contributed by atoms with E-state index in [-0.39, 0.29) is 17.7 Å². The van der Waals surface area contributed by atoms with Crippen molar-refractivity contribution in [2.45, 2.75) is 25.7 Å². The van der Waals surface area contributed by atoms with Gasteiger partial charge in [0.15, 0.2) is 5.82 Å². The minimum Gasteiger partial charge on any atom is -0.382 e. The van der Waals surface area contributed by atoms with E-state index in [9.17, 15) is 9.59 Å². The number of ether oxygens (including phenoxy) is 1. The van der Waals surface area contributed by atoms with Crippen LogP contribution in [-0.2, 0) is 16.6 Å². The van der Waals surface area contributed by atoms with Crippen molar-refractivity contribution in [1.82, 2.24) is 29.0 Å². The number of nitrogens with two attached hydrogens (primary N) is 1. The van der Waals surface area contributed by atoms with E-state index in [1.165, 1.54) is 0 Å². The van der Waals surface area contributed by atoms with Gasteiger partial charge in [-0.05, 0) is 31.9 Å². The third kappa shape index (κ3) is 4.18. The number of rotatable bonds is 5. The molecule has 0 bridgehead atoms. The van der Waals surface area contributed by atoms with Gasteiger partial charge in [-0.1, -0.05) is 12.1 Å². The second-order valence-corrected chi connectivity index (χ2v) is 10.4. The summed E-state index contributed by atoms with van der Waals surface area (Å²) in [6.07, 6.45) is 7.12. The van der Waals surface area contributed by atoms with Gasteiger partial charge in [-0.25, -0.2) is 9.97 Å². The second-order valence-electron chi connectivity index (χ2n) is 10.4. The number of carbonyl (C=O) groups is 2. The molecule has 1 atom stereocenters. The Hall–Kier alpha value is -4.25. The normalized spacial score (nSPS) is 18.8. The monoisotopic (exact) mass is 514 g/mol. The minimum atomic E-state index is -0.430. The van der Waals surface area contributed by atoms with Gasteiger partial charge in [-0.15, -0.1) is 0 Å². The van der Waals surface area contributed by atoms with E-state index in [1.807, 2.05) is 34.6 Å². The quantitative estimate of drug-likeness (QED) is 0.418. The predicted octanol–water partition coefficient (Wildman–Crippen LogP) is 2.71. The number of hydrogen-bond donors (Lipinski definition) is 2. The largest absolute Gasteiger partial charge is 0.382 e. The molecule has 11 nitrogen and oxygen atoms in total. The molecular formula is C27H30N8O3. The predicted molar refractivity (Wildman–Crippen MR) is 141 cm³/mol. The van der Waals surface area contributed by atoms with Crippen molar-refractivity contribution in [1.29, 1.82) is 0 Å². The fourth-order valence-corrected chi connectivity index (χ4v) is 5.31. The first-order valence-corrected chi connectivity index (χ1v) is 12.7. The summed E-state index contributed by atoms with van der Waals surface area (Å²) < 4.78 is 8.94. The number of aryl methyl sites for hydroxylation is 1. The van der Waals surface area contributed by atoms with Crippen LogP contribution in [0, 0.1) is 5.41 Å². The molecule has 3 aromatic heterocycles. The number of nitrogens with zero attached hydrogens (tertiary/aromatic N) is 6. The molecule has 2 amide bonds. The van der Waals surface area contributed by atoms with Crippen molar-refractivity contribution < 1.29 is 14.3 Å².